The molecule has 2 heterocycles. The number of pyridine rings is 1. The van der Waals surface area contributed by atoms with Crippen molar-refractivity contribution in [3.05, 3.63) is 77.0 Å². The van der Waals surface area contributed by atoms with Crippen LogP contribution in [-0.4, -0.2) is 44.6 Å². The van der Waals surface area contributed by atoms with Gasteiger partial charge in [-0.2, -0.15) is 0 Å². The molecule has 1 saturated heterocycles. The molecule has 1 aromatic heterocycles. The lowest BCUT2D eigenvalue weighted by Gasteiger charge is -2.22. The molecule has 42 heavy (non-hydrogen) atoms. The molecule has 8 heteroatoms. The first-order valence-electron chi connectivity index (χ1n) is 14.5. The molecule has 2 aromatic carbocycles. The van der Waals surface area contributed by atoms with Crippen LogP contribution in [0.3, 0.4) is 0 Å². The number of fused-ring (bicyclic) bond motifs is 3. The van der Waals surface area contributed by atoms with Crippen molar-refractivity contribution in [3.8, 4) is 34.6 Å². The monoisotopic (exact) mass is 587 g/mol. The van der Waals surface area contributed by atoms with Crippen molar-refractivity contribution in [1.82, 2.24) is 4.98 Å². The molecule has 5 rings (SSSR count). The van der Waals surface area contributed by atoms with Crippen LogP contribution in [0.15, 0.2) is 54.6 Å². The van der Waals surface area contributed by atoms with Gasteiger partial charge in [-0.15, -0.1) is 5.92 Å². The molecule has 0 saturated carbocycles. The van der Waals surface area contributed by atoms with Gasteiger partial charge in [0.05, 0.1) is 43.3 Å². The van der Waals surface area contributed by atoms with Crippen molar-refractivity contribution in [2.45, 2.75) is 58.0 Å². The van der Waals surface area contributed by atoms with Crippen LogP contribution in [0.1, 0.15) is 60.9 Å². The van der Waals surface area contributed by atoms with Gasteiger partial charge in [0.2, 0.25) is 5.88 Å². The summed E-state index contributed by atoms with van der Waals surface area (Å²) in [5.74, 6) is 7.58. The smallest absolute Gasteiger partial charge is 0.307 e. The molecule has 0 amide bonds. The van der Waals surface area contributed by atoms with E-state index in [4.69, 9.17) is 19.2 Å². The fourth-order valence-corrected chi connectivity index (χ4v) is 7.16. The number of aromatic nitrogens is 1. The number of carbonyl (C=O) groups excluding carboxylic acids is 1. The van der Waals surface area contributed by atoms with Gasteiger partial charge in [-0.05, 0) is 91.5 Å². The van der Waals surface area contributed by atoms with Crippen LogP contribution >= 0.6 is 0 Å². The van der Waals surface area contributed by atoms with Gasteiger partial charge in [0, 0.05) is 11.6 Å². The number of methoxy groups -OCH3 is 1. The average molecular weight is 588 g/mol. The Labute approximate surface area is 248 Å². The summed E-state index contributed by atoms with van der Waals surface area (Å²) in [5, 5.41) is 0. The lowest BCUT2D eigenvalue weighted by Crippen LogP contribution is -2.27. The van der Waals surface area contributed by atoms with Crippen molar-refractivity contribution >= 4 is 15.8 Å². The van der Waals surface area contributed by atoms with Crippen LogP contribution in [0.25, 0.3) is 11.1 Å². The summed E-state index contributed by atoms with van der Waals surface area (Å²) in [6, 6.07) is 18.2. The summed E-state index contributed by atoms with van der Waals surface area (Å²) in [5.41, 5.74) is 6.65. The lowest BCUT2D eigenvalue weighted by molar-refractivity contribution is -0.140. The SMILES string of the molecule is CC#C[C@@H](CC(=O)OC)c1ccc(OCc2ccc3c(c2)-c2ccc(OCC4CCS(=O)(=O)CC4)nc2CCC3)cc1. The number of esters is 1. The summed E-state index contributed by atoms with van der Waals surface area (Å²) >= 11 is 0. The number of rotatable bonds is 9. The van der Waals surface area contributed by atoms with Crippen molar-refractivity contribution < 1.29 is 27.4 Å². The van der Waals surface area contributed by atoms with E-state index in [1.807, 2.05) is 30.3 Å². The van der Waals surface area contributed by atoms with Gasteiger partial charge in [-0.25, -0.2) is 13.4 Å². The minimum atomic E-state index is -2.88. The fraction of sp³-hybridized carbons (Fsp3) is 0.412. The number of aryl methyl sites for hydroxylation is 2. The summed E-state index contributed by atoms with van der Waals surface area (Å²) in [6.45, 7) is 2.69. The van der Waals surface area contributed by atoms with E-state index in [9.17, 15) is 13.2 Å². The Bertz CT molecular complexity index is 1570. The normalized spacial score (nSPS) is 16.5. The van der Waals surface area contributed by atoms with Crippen molar-refractivity contribution in [2.24, 2.45) is 5.92 Å². The summed E-state index contributed by atoms with van der Waals surface area (Å²) in [7, 11) is -1.49. The Morgan fingerprint density at radius 2 is 1.79 bits per heavy atom. The standard InChI is InChI=1S/C34H37NO6S/c1-3-5-28(21-34(36)39-2)26-10-12-29(13-11-26)40-23-25-8-9-27-6-4-7-32-30(31(27)20-25)14-15-33(35-32)41-22-24-16-18-42(37,38)19-17-24/h8-15,20,24,28H,4,6-7,16-19,21-23H2,1-2H3/t28-/m0/s1. The Balaban J connectivity index is 1.24. The minimum Gasteiger partial charge on any atom is -0.489 e. The molecule has 3 aromatic rings. The first-order chi connectivity index (χ1) is 20.3. The average Bonchev–Trinajstić information content (AvgIpc) is 3.18. The summed E-state index contributed by atoms with van der Waals surface area (Å²) in [4.78, 5) is 16.6. The Kier molecular flexibility index (Phi) is 9.48. The molecule has 1 atom stereocenters. The minimum absolute atomic E-state index is 0.212. The van der Waals surface area contributed by atoms with E-state index in [1.54, 1.807) is 6.92 Å². The highest BCUT2D eigenvalue weighted by Crippen LogP contribution is 2.34. The van der Waals surface area contributed by atoms with E-state index < -0.39 is 9.84 Å². The van der Waals surface area contributed by atoms with Gasteiger partial charge in [0.25, 0.3) is 0 Å². The number of hydrogen-bond donors (Lipinski definition) is 0. The van der Waals surface area contributed by atoms with Crippen LogP contribution in [0.2, 0.25) is 0 Å². The van der Waals surface area contributed by atoms with Crippen molar-refractivity contribution in [1.29, 1.82) is 0 Å². The van der Waals surface area contributed by atoms with Crippen molar-refractivity contribution in [3.63, 3.8) is 0 Å². The Hall–Kier alpha value is -3.83. The zero-order valence-corrected chi connectivity index (χ0v) is 25.0. The number of carbonyl (C=O) groups is 1. The number of ether oxygens (including phenoxy) is 3. The molecule has 220 valence electrons. The van der Waals surface area contributed by atoms with Crippen LogP contribution in [-0.2, 0) is 38.8 Å². The molecule has 0 radical (unpaired) electrons. The molecule has 0 spiro atoms. The van der Waals surface area contributed by atoms with E-state index in [2.05, 4.69) is 36.1 Å². The predicted molar refractivity (Wildman–Crippen MR) is 162 cm³/mol. The van der Waals surface area contributed by atoms with Gasteiger partial charge in [-0.3, -0.25) is 4.79 Å². The number of hydrogen-bond acceptors (Lipinski definition) is 7. The Morgan fingerprint density at radius 3 is 2.52 bits per heavy atom. The number of benzene rings is 2. The van der Waals surface area contributed by atoms with Gasteiger partial charge in [-0.1, -0.05) is 30.2 Å². The van der Waals surface area contributed by atoms with Crippen LogP contribution < -0.4 is 9.47 Å². The molecule has 1 aliphatic carbocycles. The Morgan fingerprint density at radius 1 is 1.00 bits per heavy atom. The molecular formula is C34H37NO6S. The molecule has 0 unspecified atom stereocenters. The highest BCUT2D eigenvalue weighted by atomic mass is 32.2. The van der Waals surface area contributed by atoms with Crippen LogP contribution in [0.5, 0.6) is 11.6 Å². The molecular weight excluding hydrogens is 550 g/mol. The highest BCUT2D eigenvalue weighted by molar-refractivity contribution is 7.91. The van der Waals surface area contributed by atoms with Gasteiger partial charge < -0.3 is 14.2 Å². The largest absolute Gasteiger partial charge is 0.489 e. The third-order valence-corrected chi connectivity index (χ3v) is 9.73. The summed E-state index contributed by atoms with van der Waals surface area (Å²) in [6.07, 6.45) is 4.38. The second-order valence-corrected chi connectivity index (χ2v) is 13.3. The number of nitrogens with zero attached hydrogens (tertiary/aromatic N) is 1. The van der Waals surface area contributed by atoms with Crippen LogP contribution in [0.4, 0.5) is 0 Å². The van der Waals surface area contributed by atoms with E-state index in [0.29, 0.717) is 31.9 Å². The maximum absolute atomic E-state index is 11.8. The fourth-order valence-electron chi connectivity index (χ4n) is 5.57. The molecule has 7 nitrogen and oxygen atoms in total. The van der Waals surface area contributed by atoms with E-state index in [1.165, 1.54) is 18.2 Å². The maximum Gasteiger partial charge on any atom is 0.307 e. The van der Waals surface area contributed by atoms with E-state index >= 15 is 0 Å². The number of sulfone groups is 1. The third kappa shape index (κ3) is 7.51. The second-order valence-electron chi connectivity index (χ2n) is 11.0. The van der Waals surface area contributed by atoms with Gasteiger partial charge >= 0.3 is 5.97 Å². The van der Waals surface area contributed by atoms with Crippen LogP contribution in [0, 0.1) is 17.8 Å². The maximum atomic E-state index is 11.8. The van der Waals surface area contributed by atoms with Gasteiger partial charge in [0.15, 0.2) is 0 Å². The second kappa shape index (κ2) is 13.4. The topological polar surface area (TPSA) is 91.8 Å². The summed E-state index contributed by atoms with van der Waals surface area (Å²) < 4.78 is 40.4. The lowest BCUT2D eigenvalue weighted by atomic mass is 9.96. The van der Waals surface area contributed by atoms with E-state index in [-0.39, 0.29) is 35.7 Å². The quantitative estimate of drug-likeness (QED) is 0.235. The third-order valence-electron chi connectivity index (χ3n) is 8.02. The molecule has 1 aliphatic heterocycles. The zero-order valence-electron chi connectivity index (χ0n) is 24.2. The first kappa shape index (κ1) is 29.7. The highest BCUT2D eigenvalue weighted by Gasteiger charge is 2.24. The first-order valence-corrected chi connectivity index (χ1v) is 16.3. The predicted octanol–water partition coefficient (Wildman–Crippen LogP) is 5.69. The molecule has 0 N–H and O–H groups in total. The molecule has 1 fully saturated rings. The van der Waals surface area contributed by atoms with E-state index in [0.717, 1.165) is 47.4 Å². The zero-order chi connectivity index (χ0) is 29.5. The molecule has 0 bridgehead atoms. The van der Waals surface area contributed by atoms with Gasteiger partial charge in [0.1, 0.15) is 22.2 Å². The molecule has 2 aliphatic rings. The van der Waals surface area contributed by atoms with Crippen molar-refractivity contribution in [2.75, 3.05) is 25.2 Å².